The molecule has 0 aliphatic carbocycles. The molecule has 0 radical (unpaired) electrons. The van der Waals surface area contributed by atoms with Crippen LogP contribution in [-0.2, 0) is 5.75 Å². The first-order valence-corrected chi connectivity index (χ1v) is 9.16. The van der Waals surface area contributed by atoms with E-state index in [0.717, 1.165) is 27.9 Å². The molecule has 3 N–H and O–H groups in total. The second-order valence-electron chi connectivity index (χ2n) is 5.17. The van der Waals surface area contributed by atoms with Gasteiger partial charge in [0.1, 0.15) is 15.6 Å². The number of nitrogens with zero attached hydrogens (tertiary/aromatic N) is 1. The Hall–Kier alpha value is -2.58. The highest BCUT2D eigenvalue weighted by molar-refractivity contribution is 7.98. The molecule has 0 aliphatic heterocycles. The van der Waals surface area contributed by atoms with Crippen LogP contribution in [0.15, 0.2) is 47.5 Å². The first-order chi connectivity index (χ1) is 12.1. The minimum atomic E-state index is -1.11. The van der Waals surface area contributed by atoms with E-state index >= 15 is 0 Å². The Kier molecular flexibility index (Phi) is 5.20. The highest BCUT2D eigenvalue weighted by atomic mass is 32.2. The van der Waals surface area contributed by atoms with Crippen molar-refractivity contribution in [3.63, 3.8) is 0 Å². The number of fused-ring (bicyclic) bond motifs is 1. The van der Waals surface area contributed by atoms with Crippen molar-refractivity contribution in [3.05, 3.63) is 53.6 Å². The standard InChI is InChI=1S/C17H15N3O3S2/c1-18-17(23)19-14-13(16(21)22)15(20-25-14)24-9-10-6-7-11-4-2-3-5-12(11)8-10/h2-8H,9H2,1H3,(H,21,22)(H2,18,19,23). The summed E-state index contributed by atoms with van der Waals surface area (Å²) in [6.45, 7) is 0. The van der Waals surface area contributed by atoms with E-state index in [2.05, 4.69) is 21.1 Å². The molecule has 128 valence electrons. The molecule has 2 amide bonds. The summed E-state index contributed by atoms with van der Waals surface area (Å²) < 4.78 is 4.18. The number of hydrogen-bond acceptors (Lipinski definition) is 5. The van der Waals surface area contributed by atoms with Gasteiger partial charge in [0.15, 0.2) is 0 Å². The number of urea groups is 1. The van der Waals surface area contributed by atoms with Crippen molar-refractivity contribution in [2.24, 2.45) is 0 Å². The maximum absolute atomic E-state index is 11.5. The number of aromatic carboxylic acids is 1. The lowest BCUT2D eigenvalue weighted by molar-refractivity contribution is 0.0694. The average molecular weight is 373 g/mol. The number of thioether (sulfide) groups is 1. The van der Waals surface area contributed by atoms with Crippen LogP contribution in [0.4, 0.5) is 9.80 Å². The summed E-state index contributed by atoms with van der Waals surface area (Å²) in [5.41, 5.74) is 1.10. The van der Waals surface area contributed by atoms with E-state index in [-0.39, 0.29) is 10.6 Å². The van der Waals surface area contributed by atoms with Gasteiger partial charge in [-0.2, -0.15) is 4.37 Å². The fraction of sp³-hybridized carbons (Fsp3) is 0.118. The monoisotopic (exact) mass is 373 g/mol. The fourth-order valence-corrected chi connectivity index (χ4v) is 4.18. The lowest BCUT2D eigenvalue weighted by Gasteiger charge is -2.05. The number of benzene rings is 2. The molecule has 8 heteroatoms. The van der Waals surface area contributed by atoms with Crippen LogP contribution in [0.1, 0.15) is 15.9 Å². The number of anilines is 1. The number of carboxylic acid groups (broad SMARTS) is 1. The minimum Gasteiger partial charge on any atom is -0.477 e. The molecule has 0 atom stereocenters. The third-order valence-electron chi connectivity index (χ3n) is 3.52. The Balaban J connectivity index is 1.79. The number of nitrogens with one attached hydrogen (secondary N) is 2. The summed E-state index contributed by atoms with van der Waals surface area (Å²) in [4.78, 5) is 23.0. The van der Waals surface area contributed by atoms with Gasteiger partial charge in [-0.1, -0.05) is 54.2 Å². The Labute approximate surface area is 152 Å². The third-order valence-corrected chi connectivity index (χ3v) is 5.44. The Morgan fingerprint density at radius 1 is 1.20 bits per heavy atom. The predicted octanol–water partition coefficient (Wildman–Crippen LogP) is 4.04. The molecule has 0 saturated carbocycles. The van der Waals surface area contributed by atoms with Crippen LogP contribution in [0, 0.1) is 0 Å². The van der Waals surface area contributed by atoms with Gasteiger partial charge < -0.3 is 10.4 Å². The molecule has 3 aromatic rings. The first kappa shape index (κ1) is 17.2. The van der Waals surface area contributed by atoms with Crippen molar-refractivity contribution >= 4 is 51.1 Å². The number of amides is 2. The lowest BCUT2D eigenvalue weighted by atomic mass is 10.1. The van der Waals surface area contributed by atoms with E-state index < -0.39 is 12.0 Å². The molecular weight excluding hydrogens is 358 g/mol. The van der Waals surface area contributed by atoms with Crippen LogP contribution in [0.3, 0.4) is 0 Å². The molecule has 6 nitrogen and oxygen atoms in total. The van der Waals surface area contributed by atoms with Gasteiger partial charge in [0, 0.05) is 12.8 Å². The molecule has 3 rings (SSSR count). The summed E-state index contributed by atoms with van der Waals surface area (Å²) in [6.07, 6.45) is 0. The molecule has 0 unspecified atom stereocenters. The van der Waals surface area contributed by atoms with Crippen LogP contribution in [0.2, 0.25) is 0 Å². The molecule has 2 aromatic carbocycles. The maximum atomic E-state index is 11.5. The number of rotatable bonds is 5. The van der Waals surface area contributed by atoms with Crippen molar-refractivity contribution in [3.8, 4) is 0 Å². The predicted molar refractivity (Wildman–Crippen MR) is 101 cm³/mol. The first-order valence-electron chi connectivity index (χ1n) is 7.40. The molecule has 1 aromatic heterocycles. The summed E-state index contributed by atoms with van der Waals surface area (Å²) in [7, 11) is 1.46. The quantitative estimate of drug-likeness (QED) is 0.587. The number of aromatic nitrogens is 1. The van der Waals surface area contributed by atoms with Gasteiger partial charge in [-0.05, 0) is 27.9 Å². The third kappa shape index (κ3) is 3.92. The Morgan fingerprint density at radius 2 is 1.96 bits per heavy atom. The van der Waals surface area contributed by atoms with Gasteiger partial charge in [-0.25, -0.2) is 9.59 Å². The maximum Gasteiger partial charge on any atom is 0.341 e. The minimum absolute atomic E-state index is 0.0272. The topological polar surface area (TPSA) is 91.3 Å². The van der Waals surface area contributed by atoms with Crippen molar-refractivity contribution in [1.29, 1.82) is 0 Å². The van der Waals surface area contributed by atoms with Crippen LogP contribution in [-0.4, -0.2) is 28.5 Å². The Bertz CT molecular complexity index is 940. The van der Waals surface area contributed by atoms with E-state index in [9.17, 15) is 14.7 Å². The van der Waals surface area contributed by atoms with E-state index in [0.29, 0.717) is 10.8 Å². The van der Waals surface area contributed by atoms with E-state index in [1.54, 1.807) is 0 Å². The van der Waals surface area contributed by atoms with Gasteiger partial charge in [-0.15, -0.1) is 0 Å². The SMILES string of the molecule is CNC(=O)Nc1snc(SCc2ccc3ccccc3c2)c1C(=O)O. The van der Waals surface area contributed by atoms with Crippen molar-refractivity contribution in [2.75, 3.05) is 12.4 Å². The second-order valence-corrected chi connectivity index (χ2v) is 6.91. The summed E-state index contributed by atoms with van der Waals surface area (Å²) >= 11 is 2.30. The highest BCUT2D eigenvalue weighted by Gasteiger charge is 2.22. The zero-order chi connectivity index (χ0) is 17.8. The van der Waals surface area contributed by atoms with Crippen molar-refractivity contribution in [2.45, 2.75) is 10.8 Å². The summed E-state index contributed by atoms with van der Waals surface area (Å²) in [5, 5.41) is 17.3. The number of carbonyl (C=O) groups is 2. The van der Waals surface area contributed by atoms with Crippen LogP contribution in [0.25, 0.3) is 10.8 Å². The molecule has 0 spiro atoms. The van der Waals surface area contributed by atoms with Crippen molar-refractivity contribution in [1.82, 2.24) is 9.69 Å². The van der Waals surface area contributed by atoms with Crippen LogP contribution < -0.4 is 10.6 Å². The molecule has 0 saturated heterocycles. The molecule has 0 aliphatic rings. The smallest absolute Gasteiger partial charge is 0.341 e. The molecule has 0 bridgehead atoms. The largest absolute Gasteiger partial charge is 0.477 e. The van der Waals surface area contributed by atoms with Gasteiger partial charge in [0.25, 0.3) is 0 Å². The fourth-order valence-electron chi connectivity index (χ4n) is 2.29. The van der Waals surface area contributed by atoms with Crippen molar-refractivity contribution < 1.29 is 14.7 Å². The number of carboxylic acids is 1. The zero-order valence-corrected chi connectivity index (χ0v) is 14.9. The van der Waals surface area contributed by atoms with Crippen LogP contribution in [0.5, 0.6) is 0 Å². The number of hydrogen-bond donors (Lipinski definition) is 3. The summed E-state index contributed by atoms with van der Waals surface area (Å²) in [6, 6.07) is 13.7. The van der Waals surface area contributed by atoms with Gasteiger partial charge in [-0.3, -0.25) is 5.32 Å². The highest BCUT2D eigenvalue weighted by Crippen LogP contribution is 2.34. The molecular formula is C17H15N3O3S2. The lowest BCUT2D eigenvalue weighted by Crippen LogP contribution is -2.24. The van der Waals surface area contributed by atoms with E-state index in [1.807, 2.05) is 36.4 Å². The van der Waals surface area contributed by atoms with Crippen LogP contribution >= 0.6 is 23.3 Å². The second kappa shape index (κ2) is 7.54. The molecule has 0 fully saturated rings. The zero-order valence-electron chi connectivity index (χ0n) is 13.3. The molecule has 1 heterocycles. The Morgan fingerprint density at radius 3 is 2.68 bits per heavy atom. The van der Waals surface area contributed by atoms with E-state index in [4.69, 9.17) is 0 Å². The number of carbonyl (C=O) groups excluding carboxylic acids is 1. The summed E-state index contributed by atoms with van der Waals surface area (Å²) in [5.74, 6) is -0.519. The van der Waals surface area contributed by atoms with Gasteiger partial charge >= 0.3 is 12.0 Å². The van der Waals surface area contributed by atoms with E-state index in [1.165, 1.54) is 18.8 Å². The average Bonchev–Trinajstić information content (AvgIpc) is 3.02. The van der Waals surface area contributed by atoms with Gasteiger partial charge in [0.2, 0.25) is 0 Å². The normalized spacial score (nSPS) is 10.6. The van der Waals surface area contributed by atoms with Gasteiger partial charge in [0.05, 0.1) is 0 Å². The molecule has 25 heavy (non-hydrogen) atoms.